The second-order valence-corrected chi connectivity index (χ2v) is 9.24. The van der Waals surface area contributed by atoms with Crippen LogP contribution in [0.3, 0.4) is 0 Å². The summed E-state index contributed by atoms with van der Waals surface area (Å²) in [6.07, 6.45) is 0.176. The number of halogens is 2. The van der Waals surface area contributed by atoms with Crippen molar-refractivity contribution in [3.8, 4) is 11.1 Å². The van der Waals surface area contributed by atoms with Gasteiger partial charge < -0.3 is 14.6 Å². The van der Waals surface area contributed by atoms with E-state index < -0.39 is 17.9 Å². The van der Waals surface area contributed by atoms with Crippen LogP contribution >= 0.6 is 23.2 Å². The molecule has 6 nitrogen and oxygen atoms in total. The van der Waals surface area contributed by atoms with E-state index in [-0.39, 0.29) is 27.6 Å². The number of para-hydroxylation sites is 1. The second kappa shape index (κ2) is 10.6. The van der Waals surface area contributed by atoms with Crippen LogP contribution in [-0.4, -0.2) is 29.6 Å². The van der Waals surface area contributed by atoms with Gasteiger partial charge in [-0.15, -0.1) is 0 Å². The highest BCUT2D eigenvalue weighted by molar-refractivity contribution is 6.39. The summed E-state index contributed by atoms with van der Waals surface area (Å²) in [6, 6.07) is 18.9. The standard InChI is InChI=1S/C28H24Cl2N2O4/c1-16-19-7-4-5-10-23(19)32(2)27(34)24(16)18-13-11-17(12-14-18)15-22(28(35)36-3)31-26(33)25-20(29)8-6-9-21(25)30/h4-14,22H,15H2,1-3H3,(H,31,33)/t22-/m0/s1. The second-order valence-electron chi connectivity index (χ2n) is 8.43. The summed E-state index contributed by atoms with van der Waals surface area (Å²) in [7, 11) is 3.02. The number of amides is 1. The molecular formula is C28H24Cl2N2O4. The van der Waals surface area contributed by atoms with Gasteiger partial charge in [0.05, 0.1) is 33.8 Å². The first-order valence-electron chi connectivity index (χ1n) is 11.2. The number of carbonyl (C=O) groups is 2. The zero-order valence-corrected chi connectivity index (χ0v) is 21.5. The summed E-state index contributed by atoms with van der Waals surface area (Å²) in [5.74, 6) is -1.18. The molecule has 1 aromatic heterocycles. The van der Waals surface area contributed by atoms with Crippen LogP contribution in [0.15, 0.2) is 71.5 Å². The summed E-state index contributed by atoms with van der Waals surface area (Å²) < 4.78 is 6.54. The number of nitrogens with zero attached hydrogens (tertiary/aromatic N) is 1. The third-order valence-corrected chi connectivity index (χ3v) is 6.86. The van der Waals surface area contributed by atoms with Gasteiger partial charge in [0, 0.05) is 18.9 Å². The molecule has 0 aliphatic heterocycles. The largest absolute Gasteiger partial charge is 0.467 e. The smallest absolute Gasteiger partial charge is 0.328 e. The van der Waals surface area contributed by atoms with E-state index in [1.165, 1.54) is 7.11 Å². The highest BCUT2D eigenvalue weighted by atomic mass is 35.5. The van der Waals surface area contributed by atoms with Crippen LogP contribution in [0.1, 0.15) is 21.5 Å². The molecule has 0 aliphatic carbocycles. The van der Waals surface area contributed by atoms with Crippen LogP contribution in [-0.2, 0) is 23.0 Å². The molecule has 0 bridgehead atoms. The predicted octanol–water partition coefficient (Wildman–Crippen LogP) is 5.33. The zero-order valence-electron chi connectivity index (χ0n) is 20.0. The lowest BCUT2D eigenvalue weighted by Gasteiger charge is -2.18. The van der Waals surface area contributed by atoms with Gasteiger partial charge >= 0.3 is 5.97 Å². The molecule has 36 heavy (non-hydrogen) atoms. The molecule has 1 heterocycles. The molecule has 0 saturated carbocycles. The Bertz CT molecular complexity index is 1510. The lowest BCUT2D eigenvalue weighted by molar-refractivity contribution is -0.142. The number of esters is 1. The summed E-state index contributed by atoms with van der Waals surface area (Å²) in [5, 5.41) is 4.04. The summed E-state index contributed by atoms with van der Waals surface area (Å²) >= 11 is 12.3. The van der Waals surface area contributed by atoms with Gasteiger partial charge in [0.2, 0.25) is 0 Å². The van der Waals surface area contributed by atoms with Crippen molar-refractivity contribution in [3.05, 3.63) is 104 Å². The van der Waals surface area contributed by atoms with Crippen molar-refractivity contribution in [2.75, 3.05) is 7.11 Å². The molecule has 0 radical (unpaired) electrons. The van der Waals surface area contributed by atoms with E-state index in [1.54, 1.807) is 29.8 Å². The van der Waals surface area contributed by atoms with Gasteiger partial charge in [-0.1, -0.05) is 71.7 Å². The van der Waals surface area contributed by atoms with Crippen LogP contribution < -0.4 is 10.9 Å². The minimum absolute atomic E-state index is 0.0877. The van der Waals surface area contributed by atoms with Crippen LogP contribution in [0.5, 0.6) is 0 Å². The Kier molecular flexibility index (Phi) is 7.48. The third kappa shape index (κ3) is 4.87. The molecule has 1 N–H and O–H groups in total. The summed E-state index contributed by atoms with van der Waals surface area (Å²) in [5.41, 5.74) is 3.93. The number of rotatable bonds is 6. The fourth-order valence-electron chi connectivity index (χ4n) is 4.32. The fourth-order valence-corrected chi connectivity index (χ4v) is 4.89. The Morgan fingerprint density at radius 2 is 1.61 bits per heavy atom. The van der Waals surface area contributed by atoms with Crippen molar-refractivity contribution in [2.24, 2.45) is 7.05 Å². The maximum atomic E-state index is 13.1. The molecule has 0 fully saturated rings. The predicted molar refractivity (Wildman–Crippen MR) is 143 cm³/mol. The molecule has 184 valence electrons. The minimum atomic E-state index is -0.962. The van der Waals surface area contributed by atoms with E-state index in [9.17, 15) is 14.4 Å². The van der Waals surface area contributed by atoms with E-state index in [1.807, 2.05) is 55.5 Å². The van der Waals surface area contributed by atoms with Crippen LogP contribution in [0, 0.1) is 6.92 Å². The van der Waals surface area contributed by atoms with Crippen molar-refractivity contribution in [1.82, 2.24) is 9.88 Å². The first-order valence-corrected chi connectivity index (χ1v) is 12.0. The Balaban J connectivity index is 1.62. The average Bonchev–Trinajstić information content (AvgIpc) is 2.87. The number of hydrogen-bond donors (Lipinski definition) is 1. The van der Waals surface area contributed by atoms with Crippen molar-refractivity contribution >= 4 is 46.0 Å². The fraction of sp³-hybridized carbons (Fsp3) is 0.179. The van der Waals surface area contributed by atoms with Gasteiger partial charge in [-0.3, -0.25) is 9.59 Å². The lowest BCUT2D eigenvalue weighted by atomic mass is 9.96. The molecule has 0 unspecified atom stereocenters. The number of aryl methyl sites for hydroxylation is 2. The molecule has 8 heteroatoms. The van der Waals surface area contributed by atoms with Crippen molar-refractivity contribution in [3.63, 3.8) is 0 Å². The maximum absolute atomic E-state index is 13.1. The van der Waals surface area contributed by atoms with Crippen LogP contribution in [0.25, 0.3) is 22.0 Å². The highest BCUT2D eigenvalue weighted by Gasteiger charge is 2.25. The normalized spacial score (nSPS) is 11.8. The Labute approximate surface area is 218 Å². The molecule has 0 spiro atoms. The molecule has 0 saturated heterocycles. The number of benzene rings is 3. The van der Waals surface area contributed by atoms with Crippen molar-refractivity contribution < 1.29 is 14.3 Å². The monoisotopic (exact) mass is 522 g/mol. The molecule has 4 aromatic rings. The number of fused-ring (bicyclic) bond motifs is 1. The molecule has 1 amide bonds. The average molecular weight is 523 g/mol. The zero-order chi connectivity index (χ0) is 26.0. The molecule has 0 aliphatic rings. The SMILES string of the molecule is COC(=O)[C@H](Cc1ccc(-c2c(C)c3ccccc3n(C)c2=O)cc1)NC(=O)c1c(Cl)cccc1Cl. The van der Waals surface area contributed by atoms with E-state index in [4.69, 9.17) is 27.9 Å². The number of methoxy groups -OCH3 is 1. The Hall–Kier alpha value is -3.61. The molecular weight excluding hydrogens is 499 g/mol. The van der Waals surface area contributed by atoms with E-state index in [0.29, 0.717) is 5.56 Å². The number of aromatic nitrogens is 1. The molecule has 4 rings (SSSR count). The van der Waals surface area contributed by atoms with E-state index in [2.05, 4.69) is 5.32 Å². The number of hydrogen-bond acceptors (Lipinski definition) is 4. The molecule has 1 atom stereocenters. The van der Waals surface area contributed by atoms with E-state index in [0.717, 1.165) is 27.6 Å². The first kappa shape index (κ1) is 25.5. The third-order valence-electron chi connectivity index (χ3n) is 6.23. The Morgan fingerprint density at radius 1 is 0.972 bits per heavy atom. The van der Waals surface area contributed by atoms with Gasteiger partial charge in [0.25, 0.3) is 11.5 Å². The number of nitrogens with one attached hydrogen (secondary N) is 1. The van der Waals surface area contributed by atoms with Gasteiger partial charge in [-0.05, 0) is 41.8 Å². The molecule has 3 aromatic carbocycles. The quantitative estimate of drug-likeness (QED) is 0.347. The van der Waals surface area contributed by atoms with Gasteiger partial charge in [-0.25, -0.2) is 4.79 Å². The lowest BCUT2D eigenvalue weighted by Crippen LogP contribution is -2.43. The maximum Gasteiger partial charge on any atom is 0.328 e. The number of pyridine rings is 1. The van der Waals surface area contributed by atoms with Crippen LogP contribution in [0.4, 0.5) is 0 Å². The van der Waals surface area contributed by atoms with Crippen molar-refractivity contribution in [1.29, 1.82) is 0 Å². The van der Waals surface area contributed by atoms with Gasteiger partial charge in [0.1, 0.15) is 6.04 Å². The number of ether oxygens (including phenoxy) is 1. The van der Waals surface area contributed by atoms with Crippen LogP contribution in [0.2, 0.25) is 10.0 Å². The highest BCUT2D eigenvalue weighted by Crippen LogP contribution is 2.27. The summed E-state index contributed by atoms with van der Waals surface area (Å²) in [4.78, 5) is 38.4. The first-order chi connectivity index (χ1) is 17.2. The number of carbonyl (C=O) groups excluding carboxylic acids is 2. The topological polar surface area (TPSA) is 77.4 Å². The van der Waals surface area contributed by atoms with Gasteiger partial charge in [0.15, 0.2) is 0 Å². The van der Waals surface area contributed by atoms with Gasteiger partial charge in [-0.2, -0.15) is 0 Å². The summed E-state index contributed by atoms with van der Waals surface area (Å²) in [6.45, 7) is 1.94. The Morgan fingerprint density at radius 3 is 2.25 bits per heavy atom. The minimum Gasteiger partial charge on any atom is -0.467 e. The van der Waals surface area contributed by atoms with E-state index >= 15 is 0 Å². The van der Waals surface area contributed by atoms with Crippen molar-refractivity contribution in [2.45, 2.75) is 19.4 Å².